The van der Waals surface area contributed by atoms with Crippen LogP contribution in [0.1, 0.15) is 94.5 Å². The minimum Gasteiger partial charge on any atom is -0.307 e. The number of aromatic nitrogens is 2. The van der Waals surface area contributed by atoms with E-state index >= 15 is 0 Å². The number of nitriles is 4. The van der Waals surface area contributed by atoms with Crippen molar-refractivity contribution in [2.75, 3.05) is 0 Å². The van der Waals surface area contributed by atoms with E-state index in [1.165, 1.54) is 44.5 Å². The molecule has 0 amide bonds. The number of rotatable bonds is 4. The van der Waals surface area contributed by atoms with Gasteiger partial charge in [0.15, 0.2) is 0 Å². The molecule has 2 aliphatic rings. The molecule has 6 heteroatoms. The minimum atomic E-state index is -0.245. The second-order valence-corrected chi connectivity index (χ2v) is 21.4. The minimum absolute atomic E-state index is 0.245. The summed E-state index contributed by atoms with van der Waals surface area (Å²) in [5.41, 5.74) is 23.3. The summed E-state index contributed by atoms with van der Waals surface area (Å²) in [6.07, 6.45) is 0. The van der Waals surface area contributed by atoms with Gasteiger partial charge in [-0.3, -0.25) is 0 Å². The second kappa shape index (κ2) is 15.5. The third-order valence-electron chi connectivity index (χ3n) is 17.1. The van der Waals surface area contributed by atoms with Crippen molar-refractivity contribution in [2.45, 2.75) is 66.2 Å². The Morgan fingerprint density at radius 3 is 1.01 bits per heavy atom. The molecule has 6 nitrogen and oxygen atoms in total. The van der Waals surface area contributed by atoms with E-state index in [1.54, 1.807) is 0 Å². The van der Waals surface area contributed by atoms with Crippen molar-refractivity contribution in [2.24, 2.45) is 0 Å². The summed E-state index contributed by atoms with van der Waals surface area (Å²) in [6.45, 7) is 17.4. The summed E-state index contributed by atoms with van der Waals surface area (Å²) >= 11 is 0. The third-order valence-corrected chi connectivity index (χ3v) is 17.1. The Labute approximate surface area is 430 Å². The van der Waals surface area contributed by atoms with Gasteiger partial charge in [-0.2, -0.15) is 21.0 Å². The molecular weight excluding hydrogens is 901 g/mol. The van der Waals surface area contributed by atoms with E-state index < -0.39 is 0 Å². The van der Waals surface area contributed by atoms with Crippen LogP contribution in [0.25, 0.3) is 99.5 Å². The summed E-state index contributed by atoms with van der Waals surface area (Å²) in [5.74, 6) is 0. The fraction of sp³-hybridized carbons (Fsp3) is 0.147. The lowest BCUT2D eigenvalue weighted by Gasteiger charge is -2.23. The highest BCUT2D eigenvalue weighted by atomic mass is 15.0. The van der Waals surface area contributed by atoms with E-state index in [0.29, 0.717) is 33.6 Å². The van der Waals surface area contributed by atoms with Crippen molar-refractivity contribution >= 4 is 43.6 Å². The van der Waals surface area contributed by atoms with Gasteiger partial charge in [-0.1, -0.05) is 113 Å². The molecule has 0 spiro atoms. The fourth-order valence-electron chi connectivity index (χ4n) is 13.4. The van der Waals surface area contributed by atoms with Gasteiger partial charge < -0.3 is 9.13 Å². The van der Waals surface area contributed by atoms with Gasteiger partial charge in [0.05, 0.1) is 55.7 Å². The van der Waals surface area contributed by atoms with Crippen LogP contribution in [0.3, 0.4) is 0 Å². The predicted molar refractivity (Wildman–Crippen MR) is 299 cm³/mol. The highest BCUT2D eigenvalue weighted by molar-refractivity contribution is 6.13. The van der Waals surface area contributed by atoms with Crippen LogP contribution in [0.4, 0.5) is 0 Å². The maximum absolute atomic E-state index is 11.1. The van der Waals surface area contributed by atoms with Gasteiger partial charge in [-0.05, 0) is 177 Å². The van der Waals surface area contributed by atoms with Crippen LogP contribution >= 0.6 is 0 Å². The average Bonchev–Trinajstić information content (AvgIpc) is 4.06. The first kappa shape index (κ1) is 44.5. The van der Waals surface area contributed by atoms with Crippen molar-refractivity contribution < 1.29 is 0 Å². The Morgan fingerprint density at radius 2 is 0.662 bits per heavy atom. The molecule has 2 aromatic heterocycles. The molecular formula is C68H48N6. The van der Waals surface area contributed by atoms with Crippen LogP contribution in [0.2, 0.25) is 0 Å². The van der Waals surface area contributed by atoms with Gasteiger partial charge in [0.25, 0.3) is 0 Å². The summed E-state index contributed by atoms with van der Waals surface area (Å²) in [6, 6.07) is 60.8. The lowest BCUT2D eigenvalue weighted by molar-refractivity contribution is 0.661. The van der Waals surface area contributed by atoms with Crippen LogP contribution in [-0.2, 0) is 10.8 Å². The predicted octanol–water partition coefficient (Wildman–Crippen LogP) is 16.5. The number of fused-ring (bicyclic) bond motifs is 12. The van der Waals surface area contributed by atoms with Crippen LogP contribution in [0, 0.1) is 73.0 Å². The van der Waals surface area contributed by atoms with E-state index in [1.807, 2.05) is 48.5 Å². The molecule has 0 radical (unpaired) electrons. The third kappa shape index (κ3) is 5.77. The zero-order chi connectivity index (χ0) is 51.3. The smallest absolute Gasteiger partial charge is 0.101 e. The van der Waals surface area contributed by atoms with Crippen LogP contribution in [0.15, 0.2) is 146 Å². The van der Waals surface area contributed by atoms with E-state index in [2.05, 4.69) is 186 Å². The fourth-order valence-corrected chi connectivity index (χ4v) is 13.4. The molecule has 0 bridgehead atoms. The lowest BCUT2D eigenvalue weighted by Crippen LogP contribution is -2.15. The number of para-hydroxylation sites is 2. The van der Waals surface area contributed by atoms with E-state index in [-0.39, 0.29) is 10.8 Å². The molecule has 0 unspecified atom stereocenters. The largest absolute Gasteiger partial charge is 0.307 e. The Morgan fingerprint density at radius 1 is 0.338 bits per heavy atom. The maximum atomic E-state index is 11.1. The summed E-state index contributed by atoms with van der Waals surface area (Å²) in [5, 5.41) is 48.8. The first-order valence-corrected chi connectivity index (χ1v) is 25.2. The zero-order valence-corrected chi connectivity index (χ0v) is 42.5. The molecule has 0 aliphatic heterocycles. The quantitative estimate of drug-likeness (QED) is 0.175. The average molecular weight is 949 g/mol. The molecule has 0 atom stereocenters. The van der Waals surface area contributed by atoms with Gasteiger partial charge in [-0.25, -0.2) is 0 Å². The first-order chi connectivity index (χ1) is 35.7. The molecule has 0 saturated heterocycles. The molecule has 2 aliphatic carbocycles. The van der Waals surface area contributed by atoms with Crippen molar-refractivity contribution in [1.82, 2.24) is 9.13 Å². The lowest BCUT2D eigenvalue weighted by atomic mass is 9.82. The monoisotopic (exact) mass is 948 g/mol. The molecule has 350 valence electrons. The standard InChI is InChI=1S/C68H48N6/c1-37-38(2)64(42-27-45(35-71)66(46(28-42)36-72)74-60-24-16-12-20-50(60)54-30-52-48-18-10-14-22-56(48)68(7,8)58(52)32-62(54)74)40(4)39(3)63(37)41-25-43(33-69)65(44(26-41)34-70)73-59-23-15-11-19-49(59)53-29-51-47-17-9-13-21-55(47)67(5,6)57(51)31-61(53)73/h9-32H,1-8H3. The van der Waals surface area contributed by atoms with Crippen LogP contribution < -0.4 is 0 Å². The van der Waals surface area contributed by atoms with Crippen molar-refractivity contribution in [1.29, 1.82) is 21.0 Å². The number of benzene rings is 9. The van der Waals surface area contributed by atoms with Crippen molar-refractivity contribution in [3.8, 4) is 80.2 Å². The molecule has 11 aromatic rings. The van der Waals surface area contributed by atoms with Gasteiger partial charge in [0, 0.05) is 32.4 Å². The SMILES string of the molecule is Cc1c(C)c(-c2cc(C#N)c(-n3c4ccccc4c4cc5c(cc43)C(C)(C)c3ccccc3-5)c(C#N)c2)c(C)c(C)c1-c1cc(C#N)c(-n2c3ccccc3c3cc4c(cc32)C(C)(C)c2ccccc2-4)c(C#N)c1. The van der Waals surface area contributed by atoms with Gasteiger partial charge in [0.2, 0.25) is 0 Å². The molecule has 9 aromatic carbocycles. The molecule has 2 heterocycles. The van der Waals surface area contributed by atoms with Crippen molar-refractivity contribution in [3.05, 3.63) is 212 Å². The molecule has 0 N–H and O–H groups in total. The van der Waals surface area contributed by atoms with E-state index in [0.717, 1.165) is 88.1 Å². The molecule has 0 saturated carbocycles. The number of nitrogens with zero attached hydrogens (tertiary/aromatic N) is 6. The Hall–Kier alpha value is -9.46. The van der Waals surface area contributed by atoms with Gasteiger partial charge >= 0.3 is 0 Å². The van der Waals surface area contributed by atoms with Crippen LogP contribution in [0.5, 0.6) is 0 Å². The topological polar surface area (TPSA) is 105 Å². The van der Waals surface area contributed by atoms with Crippen molar-refractivity contribution in [3.63, 3.8) is 0 Å². The number of hydrogen-bond acceptors (Lipinski definition) is 4. The highest BCUT2D eigenvalue weighted by Gasteiger charge is 2.38. The Kier molecular flexibility index (Phi) is 9.33. The molecule has 13 rings (SSSR count). The van der Waals surface area contributed by atoms with E-state index in [9.17, 15) is 21.0 Å². The maximum Gasteiger partial charge on any atom is 0.101 e. The Balaban J connectivity index is 0.969. The van der Waals surface area contributed by atoms with E-state index in [4.69, 9.17) is 0 Å². The zero-order valence-electron chi connectivity index (χ0n) is 42.5. The summed E-state index contributed by atoms with van der Waals surface area (Å²) in [7, 11) is 0. The van der Waals surface area contributed by atoms with Crippen LogP contribution in [-0.4, -0.2) is 9.13 Å². The summed E-state index contributed by atoms with van der Waals surface area (Å²) < 4.78 is 4.25. The summed E-state index contributed by atoms with van der Waals surface area (Å²) in [4.78, 5) is 0. The van der Waals surface area contributed by atoms with Gasteiger partial charge in [0.1, 0.15) is 24.3 Å². The first-order valence-electron chi connectivity index (χ1n) is 25.2. The number of hydrogen-bond donors (Lipinski definition) is 0. The molecule has 0 fully saturated rings. The molecule has 74 heavy (non-hydrogen) atoms. The second-order valence-electron chi connectivity index (χ2n) is 21.4. The van der Waals surface area contributed by atoms with Gasteiger partial charge in [-0.15, -0.1) is 0 Å². The normalized spacial score (nSPS) is 13.6. The Bertz CT molecular complexity index is 4190. The highest BCUT2D eigenvalue weighted by Crippen LogP contribution is 2.53.